The summed E-state index contributed by atoms with van der Waals surface area (Å²) < 4.78 is 14.1. The molecule has 1 aliphatic carbocycles. The van der Waals surface area contributed by atoms with E-state index in [-0.39, 0.29) is 23.4 Å². The molecule has 1 unspecified atom stereocenters. The van der Waals surface area contributed by atoms with Gasteiger partial charge in [0.2, 0.25) is 0 Å². The van der Waals surface area contributed by atoms with Gasteiger partial charge >= 0.3 is 0 Å². The first-order chi connectivity index (χ1) is 20.9. The highest BCUT2D eigenvalue weighted by atomic mass is 35.5. The molecule has 4 nitrogen and oxygen atoms in total. The van der Waals surface area contributed by atoms with Gasteiger partial charge in [-0.3, -0.25) is 9.69 Å². The molecule has 1 heterocycles. The van der Waals surface area contributed by atoms with Gasteiger partial charge < -0.3 is 10.0 Å². The van der Waals surface area contributed by atoms with Gasteiger partial charge in [0.25, 0.3) is 0 Å². The van der Waals surface area contributed by atoms with Crippen LogP contribution in [0.1, 0.15) is 59.6 Å². The zero-order chi connectivity index (χ0) is 29.9. The number of halogens is 3. The predicted molar refractivity (Wildman–Crippen MR) is 173 cm³/mol. The van der Waals surface area contributed by atoms with Crippen molar-refractivity contribution in [1.82, 2.24) is 4.90 Å². The maximum Gasteiger partial charge on any atom is 0.163 e. The Balaban J connectivity index is 1.35. The van der Waals surface area contributed by atoms with Crippen molar-refractivity contribution in [2.24, 2.45) is 5.92 Å². The lowest BCUT2D eigenvalue weighted by atomic mass is 9.90. The quantitative estimate of drug-likeness (QED) is 0.200. The summed E-state index contributed by atoms with van der Waals surface area (Å²) >= 11 is 12.9. The second-order valence-corrected chi connectivity index (χ2v) is 12.5. The second kappa shape index (κ2) is 13.1. The summed E-state index contributed by atoms with van der Waals surface area (Å²) in [7, 11) is 0. The van der Waals surface area contributed by atoms with Gasteiger partial charge in [0.1, 0.15) is 11.6 Å². The van der Waals surface area contributed by atoms with Crippen molar-refractivity contribution in [3.63, 3.8) is 0 Å². The Morgan fingerprint density at radius 3 is 2.35 bits per heavy atom. The molecule has 1 saturated carbocycles. The van der Waals surface area contributed by atoms with E-state index in [9.17, 15) is 14.3 Å². The van der Waals surface area contributed by atoms with Crippen molar-refractivity contribution in [3.05, 3.63) is 117 Å². The van der Waals surface area contributed by atoms with Gasteiger partial charge in [-0.2, -0.15) is 0 Å². The number of Topliss-reactive ketones (excluding diaryl/α,β-unsaturated/α-hetero) is 1. The summed E-state index contributed by atoms with van der Waals surface area (Å²) in [5.41, 5.74) is 4.82. The number of phenols is 1. The molecular formula is C36H35Cl2FN2O2. The first-order valence-corrected chi connectivity index (χ1v) is 15.8. The summed E-state index contributed by atoms with van der Waals surface area (Å²) in [5.74, 6) is 0.483. The maximum absolute atomic E-state index is 14.1. The van der Waals surface area contributed by atoms with E-state index in [1.807, 2.05) is 54.6 Å². The topological polar surface area (TPSA) is 43.8 Å². The highest BCUT2D eigenvalue weighted by molar-refractivity contribution is 6.43. The molecule has 0 bridgehead atoms. The van der Waals surface area contributed by atoms with Crippen LogP contribution < -0.4 is 4.90 Å². The predicted octanol–water partition coefficient (Wildman–Crippen LogP) is 9.18. The highest BCUT2D eigenvalue weighted by Crippen LogP contribution is 2.40. The molecule has 6 rings (SSSR count). The van der Waals surface area contributed by atoms with Crippen molar-refractivity contribution in [3.8, 4) is 16.9 Å². The Bertz CT molecular complexity index is 1610. The molecule has 7 heteroatoms. The van der Waals surface area contributed by atoms with Gasteiger partial charge in [-0.25, -0.2) is 4.39 Å². The van der Waals surface area contributed by atoms with E-state index in [0.717, 1.165) is 40.8 Å². The van der Waals surface area contributed by atoms with Crippen molar-refractivity contribution >= 4 is 34.7 Å². The third-order valence-corrected chi connectivity index (χ3v) is 9.71. The third kappa shape index (κ3) is 6.59. The number of piperazine rings is 1. The number of aromatic hydroxyl groups is 1. The fourth-order valence-corrected chi connectivity index (χ4v) is 7.06. The van der Waals surface area contributed by atoms with Gasteiger partial charge in [0, 0.05) is 43.7 Å². The number of benzene rings is 4. The van der Waals surface area contributed by atoms with Crippen LogP contribution in [0.3, 0.4) is 0 Å². The van der Waals surface area contributed by atoms with Crippen molar-refractivity contribution < 1.29 is 14.3 Å². The van der Waals surface area contributed by atoms with Gasteiger partial charge in [-0.05, 0) is 65.1 Å². The number of carbonyl (C=O) groups is 1. The van der Waals surface area contributed by atoms with Crippen LogP contribution >= 0.6 is 23.2 Å². The molecule has 222 valence electrons. The Kier molecular flexibility index (Phi) is 9.03. The van der Waals surface area contributed by atoms with Crippen molar-refractivity contribution in [1.29, 1.82) is 0 Å². The monoisotopic (exact) mass is 616 g/mol. The van der Waals surface area contributed by atoms with Crippen LogP contribution in [0.4, 0.5) is 10.1 Å². The van der Waals surface area contributed by atoms with E-state index in [0.29, 0.717) is 54.1 Å². The normalized spacial score (nSPS) is 16.9. The molecular weight excluding hydrogens is 582 g/mol. The lowest BCUT2D eigenvalue weighted by Crippen LogP contribution is -2.48. The molecule has 2 fully saturated rings. The van der Waals surface area contributed by atoms with Crippen LogP contribution in [-0.2, 0) is 0 Å². The number of rotatable bonds is 8. The molecule has 1 saturated heterocycles. The molecule has 4 aromatic rings. The van der Waals surface area contributed by atoms with Crippen LogP contribution in [0, 0.1) is 11.7 Å². The Labute approximate surface area is 262 Å². The van der Waals surface area contributed by atoms with E-state index in [4.69, 9.17) is 23.2 Å². The molecule has 1 N–H and O–H groups in total. The lowest BCUT2D eigenvalue weighted by Gasteiger charge is -2.41. The van der Waals surface area contributed by atoms with Crippen LogP contribution in [0.2, 0.25) is 10.0 Å². The molecule has 0 amide bonds. The summed E-state index contributed by atoms with van der Waals surface area (Å²) in [6, 6.07) is 25.2. The van der Waals surface area contributed by atoms with Crippen molar-refractivity contribution in [2.75, 3.05) is 31.1 Å². The van der Waals surface area contributed by atoms with E-state index >= 15 is 0 Å². The zero-order valence-corrected chi connectivity index (χ0v) is 25.5. The minimum atomic E-state index is -0.315. The maximum atomic E-state index is 14.1. The summed E-state index contributed by atoms with van der Waals surface area (Å²) in [4.78, 5) is 17.9. The average Bonchev–Trinajstić information content (AvgIpc) is 3.53. The van der Waals surface area contributed by atoms with E-state index in [1.54, 1.807) is 18.2 Å². The average molecular weight is 618 g/mol. The summed E-state index contributed by atoms with van der Waals surface area (Å²) in [6.07, 6.45) is 5.22. The zero-order valence-electron chi connectivity index (χ0n) is 24.0. The number of hydrogen-bond acceptors (Lipinski definition) is 4. The van der Waals surface area contributed by atoms with Gasteiger partial charge in [-0.1, -0.05) is 91.3 Å². The highest BCUT2D eigenvalue weighted by Gasteiger charge is 2.30. The molecule has 1 aliphatic heterocycles. The fourth-order valence-electron chi connectivity index (χ4n) is 6.64. The number of carbonyl (C=O) groups excluding carboxylic acids is 1. The van der Waals surface area contributed by atoms with Gasteiger partial charge in [0.05, 0.1) is 21.8 Å². The Morgan fingerprint density at radius 1 is 0.860 bits per heavy atom. The number of anilines is 1. The second-order valence-electron chi connectivity index (χ2n) is 11.7. The molecule has 1 atom stereocenters. The Morgan fingerprint density at radius 2 is 1.58 bits per heavy atom. The van der Waals surface area contributed by atoms with Crippen LogP contribution in [0.5, 0.6) is 5.75 Å². The van der Waals surface area contributed by atoms with Crippen molar-refractivity contribution in [2.45, 2.75) is 38.1 Å². The van der Waals surface area contributed by atoms with Gasteiger partial charge in [0.15, 0.2) is 5.78 Å². The summed E-state index contributed by atoms with van der Waals surface area (Å²) in [5, 5.41) is 12.3. The van der Waals surface area contributed by atoms with E-state index in [1.165, 1.54) is 25.0 Å². The molecule has 43 heavy (non-hydrogen) atoms. The molecule has 0 aromatic heterocycles. The molecule has 0 spiro atoms. The van der Waals surface area contributed by atoms with Crippen LogP contribution in [-0.4, -0.2) is 42.0 Å². The molecule has 2 aliphatic rings. The number of phenolic OH excluding ortho intramolecular Hbond substituents is 1. The smallest absolute Gasteiger partial charge is 0.163 e. The van der Waals surface area contributed by atoms with Crippen LogP contribution in [0.15, 0.2) is 84.9 Å². The SMILES string of the molecule is O=C(CC1CCCC1)c1cccc(C(c2cc(-c3cccc(F)c3)ccc2O)N2CCN(c3cccc(Cl)c3Cl)CC2)c1. The third-order valence-electron chi connectivity index (χ3n) is 8.90. The first-order valence-electron chi connectivity index (χ1n) is 15.0. The minimum Gasteiger partial charge on any atom is -0.508 e. The number of nitrogens with zero attached hydrogens (tertiary/aromatic N) is 2. The minimum absolute atomic E-state index is 0.160. The fraction of sp³-hybridized carbons (Fsp3) is 0.306. The lowest BCUT2D eigenvalue weighted by molar-refractivity contribution is 0.0962. The Hall–Kier alpha value is -3.38. The standard InChI is InChI=1S/C36H35Cl2FN2O2/c37-31-12-5-13-32(35(31)38)40-16-18-41(19-17-40)36(28-10-3-9-27(21-28)34(43)20-24-6-1-2-7-24)30-23-26(14-15-33(30)42)25-8-4-11-29(39)22-25/h3-5,8-15,21-24,36,42H,1-2,6-7,16-20H2. The van der Waals surface area contributed by atoms with E-state index in [2.05, 4.69) is 9.80 Å². The first kappa shape index (κ1) is 29.7. The number of hydrogen-bond donors (Lipinski definition) is 1. The van der Waals surface area contributed by atoms with Crippen LogP contribution in [0.25, 0.3) is 11.1 Å². The van der Waals surface area contributed by atoms with Gasteiger partial charge in [-0.15, -0.1) is 0 Å². The van der Waals surface area contributed by atoms with E-state index < -0.39 is 0 Å². The summed E-state index contributed by atoms with van der Waals surface area (Å²) in [6.45, 7) is 2.80. The molecule has 4 aromatic carbocycles. The molecule has 0 radical (unpaired) electrons. The number of ketones is 1. The largest absolute Gasteiger partial charge is 0.508 e.